The van der Waals surface area contributed by atoms with E-state index in [1.165, 1.54) is 43.9 Å². The summed E-state index contributed by atoms with van der Waals surface area (Å²) in [7, 11) is 0. The van der Waals surface area contributed by atoms with Crippen molar-refractivity contribution in [2.75, 3.05) is 0 Å². The number of allylic oxidation sites excluding steroid dienone is 1. The molecule has 3 aliphatic carbocycles. The van der Waals surface area contributed by atoms with Gasteiger partial charge in [-0.15, -0.1) is 0 Å². The van der Waals surface area contributed by atoms with Gasteiger partial charge in [-0.1, -0.05) is 0 Å². The van der Waals surface area contributed by atoms with Crippen molar-refractivity contribution in [3.63, 3.8) is 0 Å². The molecular formula is C11H16O. The summed E-state index contributed by atoms with van der Waals surface area (Å²) in [5.41, 5.74) is 1.32. The lowest BCUT2D eigenvalue weighted by Crippen LogP contribution is -2.15. The average molecular weight is 164 g/mol. The smallest absolute Gasteiger partial charge is 0.0783 e. The minimum absolute atomic E-state index is 0.960. The second-order valence-corrected chi connectivity index (χ2v) is 4.86. The van der Waals surface area contributed by atoms with E-state index < -0.39 is 0 Å². The first-order valence-corrected chi connectivity index (χ1v) is 5.20. The normalized spacial score (nSPS) is 49.8. The van der Waals surface area contributed by atoms with Gasteiger partial charge < -0.3 is 5.11 Å². The monoisotopic (exact) mass is 164 g/mol. The lowest BCUT2D eigenvalue weighted by molar-refractivity contribution is 0.259. The van der Waals surface area contributed by atoms with Crippen molar-refractivity contribution in [1.29, 1.82) is 0 Å². The molecular weight excluding hydrogens is 148 g/mol. The Morgan fingerprint density at radius 2 is 1.67 bits per heavy atom. The number of hydrogen-bond donors (Lipinski definition) is 1. The van der Waals surface area contributed by atoms with Crippen LogP contribution < -0.4 is 0 Å². The molecule has 4 atom stereocenters. The van der Waals surface area contributed by atoms with Crippen molar-refractivity contribution in [1.82, 2.24) is 0 Å². The van der Waals surface area contributed by atoms with Crippen LogP contribution >= 0.6 is 0 Å². The highest BCUT2D eigenvalue weighted by atomic mass is 16.2. The molecule has 0 amide bonds. The third-order valence-corrected chi connectivity index (χ3v) is 4.45. The molecule has 2 bridgehead atoms. The minimum atomic E-state index is 0.960. The Morgan fingerprint density at radius 1 is 1.08 bits per heavy atom. The van der Waals surface area contributed by atoms with Crippen molar-refractivity contribution >= 4 is 0 Å². The van der Waals surface area contributed by atoms with Crippen LogP contribution in [-0.4, -0.2) is 5.11 Å². The molecule has 4 unspecified atom stereocenters. The zero-order valence-corrected chi connectivity index (χ0v) is 7.37. The summed E-state index contributed by atoms with van der Waals surface area (Å²) in [6.45, 7) is 0. The number of rotatable bonds is 0. The van der Waals surface area contributed by atoms with Gasteiger partial charge in [-0.2, -0.15) is 0 Å². The first kappa shape index (κ1) is 6.99. The third kappa shape index (κ3) is 0.746. The van der Waals surface area contributed by atoms with Crippen molar-refractivity contribution in [2.24, 2.45) is 23.7 Å². The van der Waals surface area contributed by atoms with Crippen LogP contribution in [0.25, 0.3) is 0 Å². The summed E-state index contributed by atoms with van der Waals surface area (Å²) in [6.07, 6.45) is 8.26. The van der Waals surface area contributed by atoms with E-state index in [4.69, 9.17) is 5.11 Å². The molecule has 0 heterocycles. The Hall–Kier alpha value is -0.460. The predicted octanol–water partition coefficient (Wildman–Crippen LogP) is 2.88. The quantitative estimate of drug-likeness (QED) is 0.546. The first-order chi connectivity index (χ1) is 5.88. The van der Waals surface area contributed by atoms with Gasteiger partial charge in [0, 0.05) is 0 Å². The molecule has 12 heavy (non-hydrogen) atoms. The average Bonchev–Trinajstić information content (AvgIpc) is 2.75. The molecule has 3 saturated carbocycles. The zero-order chi connectivity index (χ0) is 8.13. The van der Waals surface area contributed by atoms with Gasteiger partial charge in [0.2, 0.25) is 0 Å². The molecule has 1 nitrogen and oxygen atoms in total. The molecule has 0 spiro atoms. The Bertz CT molecular complexity index is 211. The maximum absolute atomic E-state index is 8.95. The largest absolute Gasteiger partial charge is 0.516 e. The fraction of sp³-hybridized carbons (Fsp3) is 0.818. The summed E-state index contributed by atoms with van der Waals surface area (Å²) in [4.78, 5) is 0. The van der Waals surface area contributed by atoms with Crippen molar-refractivity contribution in [3.8, 4) is 0 Å². The zero-order valence-electron chi connectivity index (χ0n) is 7.37. The maximum atomic E-state index is 8.95. The molecule has 0 saturated heterocycles. The molecule has 0 aliphatic heterocycles. The molecule has 3 rings (SSSR count). The van der Waals surface area contributed by atoms with E-state index in [9.17, 15) is 0 Å². The molecule has 1 heteroatoms. The van der Waals surface area contributed by atoms with Crippen LogP contribution in [0.3, 0.4) is 0 Å². The van der Waals surface area contributed by atoms with Crippen LogP contribution in [0.4, 0.5) is 0 Å². The van der Waals surface area contributed by atoms with Crippen molar-refractivity contribution in [3.05, 3.63) is 11.8 Å². The summed E-state index contributed by atoms with van der Waals surface area (Å²) >= 11 is 0. The fourth-order valence-corrected chi connectivity index (χ4v) is 3.96. The van der Waals surface area contributed by atoms with Gasteiger partial charge in [-0.05, 0) is 61.3 Å². The van der Waals surface area contributed by atoms with E-state index >= 15 is 0 Å². The number of aliphatic hydroxyl groups is 1. The topological polar surface area (TPSA) is 20.2 Å². The van der Waals surface area contributed by atoms with Crippen molar-refractivity contribution in [2.45, 2.75) is 32.1 Å². The van der Waals surface area contributed by atoms with E-state index in [1.54, 1.807) is 0 Å². The lowest BCUT2D eigenvalue weighted by atomic mass is 9.82. The highest BCUT2D eigenvalue weighted by Crippen LogP contribution is 2.59. The van der Waals surface area contributed by atoms with Gasteiger partial charge in [0.05, 0.1) is 6.26 Å². The highest BCUT2D eigenvalue weighted by Gasteiger charge is 2.50. The van der Waals surface area contributed by atoms with Gasteiger partial charge in [0.25, 0.3) is 0 Å². The third-order valence-electron chi connectivity index (χ3n) is 4.45. The Balaban J connectivity index is 1.87. The molecule has 0 aromatic carbocycles. The van der Waals surface area contributed by atoms with Gasteiger partial charge in [-0.3, -0.25) is 0 Å². The van der Waals surface area contributed by atoms with Crippen LogP contribution in [0.1, 0.15) is 32.1 Å². The molecule has 0 aromatic rings. The molecule has 0 radical (unpaired) electrons. The van der Waals surface area contributed by atoms with Crippen LogP contribution in [0, 0.1) is 23.7 Å². The molecule has 66 valence electrons. The first-order valence-electron chi connectivity index (χ1n) is 5.20. The van der Waals surface area contributed by atoms with E-state index in [1.807, 2.05) is 0 Å². The van der Waals surface area contributed by atoms with Gasteiger partial charge in [0.1, 0.15) is 0 Å². The van der Waals surface area contributed by atoms with Gasteiger partial charge in [-0.25, -0.2) is 0 Å². The molecule has 3 aliphatic rings. The van der Waals surface area contributed by atoms with Gasteiger partial charge in [0.15, 0.2) is 0 Å². The lowest BCUT2D eigenvalue weighted by Gasteiger charge is -2.23. The highest BCUT2D eigenvalue weighted by molar-refractivity contribution is 5.14. The Kier molecular flexibility index (Phi) is 1.32. The standard InChI is InChI=1S/C11H16O/c12-6-7-3-10-8-1-2-9(5-8)11(10)4-7/h6,8-12H,1-5H2. The summed E-state index contributed by atoms with van der Waals surface area (Å²) < 4.78 is 0. The number of hydrogen-bond acceptors (Lipinski definition) is 1. The Morgan fingerprint density at radius 3 is 2.17 bits per heavy atom. The molecule has 1 N–H and O–H groups in total. The number of aliphatic hydroxyl groups excluding tert-OH is 1. The summed E-state index contributed by atoms with van der Waals surface area (Å²) in [5, 5.41) is 8.95. The maximum Gasteiger partial charge on any atom is 0.0783 e. The second kappa shape index (κ2) is 2.27. The second-order valence-electron chi connectivity index (χ2n) is 4.86. The molecule has 0 aromatic heterocycles. The van der Waals surface area contributed by atoms with E-state index in [2.05, 4.69) is 0 Å². The van der Waals surface area contributed by atoms with Crippen LogP contribution in [0.15, 0.2) is 11.8 Å². The Labute approximate surface area is 73.5 Å². The van der Waals surface area contributed by atoms with Crippen LogP contribution in [-0.2, 0) is 0 Å². The van der Waals surface area contributed by atoms with E-state index in [0.29, 0.717) is 0 Å². The summed E-state index contributed by atoms with van der Waals surface area (Å²) in [5.74, 6) is 3.97. The predicted molar refractivity (Wildman–Crippen MR) is 47.8 cm³/mol. The van der Waals surface area contributed by atoms with E-state index in [-0.39, 0.29) is 0 Å². The molecule has 3 fully saturated rings. The van der Waals surface area contributed by atoms with Crippen molar-refractivity contribution < 1.29 is 5.11 Å². The summed E-state index contributed by atoms with van der Waals surface area (Å²) in [6, 6.07) is 0. The van der Waals surface area contributed by atoms with Gasteiger partial charge >= 0.3 is 0 Å². The van der Waals surface area contributed by atoms with Crippen LogP contribution in [0.5, 0.6) is 0 Å². The fourth-order valence-electron chi connectivity index (χ4n) is 3.96. The number of fused-ring (bicyclic) bond motifs is 5. The van der Waals surface area contributed by atoms with Crippen LogP contribution in [0.2, 0.25) is 0 Å². The van der Waals surface area contributed by atoms with E-state index in [0.717, 1.165) is 23.7 Å². The minimum Gasteiger partial charge on any atom is -0.516 e. The SMILES string of the molecule is OC=C1CC2C3CCC(C3)C2C1.